The van der Waals surface area contributed by atoms with Gasteiger partial charge in [-0.3, -0.25) is 4.79 Å². The molecule has 1 aliphatic carbocycles. The molecule has 0 aromatic heterocycles. The topological polar surface area (TPSA) is 64.3 Å². The van der Waals surface area contributed by atoms with Crippen LogP contribution in [0.25, 0.3) is 0 Å². The molecule has 1 fully saturated rings. The van der Waals surface area contributed by atoms with Crippen molar-refractivity contribution in [3.8, 4) is 5.75 Å². The molecule has 0 radical (unpaired) electrons. The molecule has 1 heterocycles. The number of nitrogens with two attached hydrogens (primary N) is 1. The Labute approximate surface area is 93.8 Å². The number of carbonyl (C=O) groups excluding carboxylic acids is 1. The SMILES string of the molecule is NC1(Cc2cccc3c2NC(=O)CO3)CC1. The molecule has 1 amide bonds. The molecular formula is C12H14N2O2. The molecule has 1 aromatic carbocycles. The molecule has 1 aromatic rings. The first-order chi connectivity index (χ1) is 7.66. The highest BCUT2D eigenvalue weighted by Crippen LogP contribution is 2.40. The maximum absolute atomic E-state index is 11.3. The summed E-state index contributed by atoms with van der Waals surface area (Å²) in [4.78, 5) is 11.3. The van der Waals surface area contributed by atoms with E-state index in [1.165, 1.54) is 0 Å². The molecule has 84 valence electrons. The first-order valence-corrected chi connectivity index (χ1v) is 5.50. The Morgan fingerprint density at radius 2 is 2.25 bits per heavy atom. The van der Waals surface area contributed by atoms with Gasteiger partial charge in [-0.25, -0.2) is 0 Å². The number of amides is 1. The van der Waals surface area contributed by atoms with Crippen molar-refractivity contribution in [1.82, 2.24) is 0 Å². The quantitative estimate of drug-likeness (QED) is 0.779. The lowest BCUT2D eigenvalue weighted by molar-refractivity contribution is -0.118. The van der Waals surface area contributed by atoms with E-state index in [2.05, 4.69) is 5.32 Å². The van der Waals surface area contributed by atoms with Crippen LogP contribution in [-0.4, -0.2) is 18.1 Å². The van der Waals surface area contributed by atoms with Gasteiger partial charge < -0.3 is 15.8 Å². The molecule has 2 aliphatic rings. The van der Waals surface area contributed by atoms with E-state index in [1.807, 2.05) is 18.2 Å². The summed E-state index contributed by atoms with van der Waals surface area (Å²) in [5.74, 6) is 0.656. The Morgan fingerprint density at radius 3 is 3.00 bits per heavy atom. The van der Waals surface area contributed by atoms with E-state index in [9.17, 15) is 4.79 Å². The number of nitrogens with one attached hydrogen (secondary N) is 1. The van der Waals surface area contributed by atoms with E-state index in [1.54, 1.807) is 0 Å². The monoisotopic (exact) mass is 218 g/mol. The minimum atomic E-state index is -0.0955. The normalized spacial score (nSPS) is 20.7. The lowest BCUT2D eigenvalue weighted by atomic mass is 10.0. The van der Waals surface area contributed by atoms with Crippen LogP contribution in [0.2, 0.25) is 0 Å². The lowest BCUT2D eigenvalue weighted by Crippen LogP contribution is -2.29. The average molecular weight is 218 g/mol. The number of fused-ring (bicyclic) bond motifs is 1. The number of anilines is 1. The Kier molecular flexibility index (Phi) is 1.94. The van der Waals surface area contributed by atoms with Gasteiger partial charge in [0.15, 0.2) is 6.61 Å². The Balaban J connectivity index is 1.95. The van der Waals surface area contributed by atoms with Gasteiger partial charge in [0, 0.05) is 5.54 Å². The van der Waals surface area contributed by atoms with Gasteiger partial charge in [-0.15, -0.1) is 0 Å². The number of para-hydroxylation sites is 1. The fourth-order valence-electron chi connectivity index (χ4n) is 2.02. The molecule has 3 rings (SSSR count). The maximum Gasteiger partial charge on any atom is 0.262 e. The second-order valence-corrected chi connectivity index (χ2v) is 4.67. The Bertz CT molecular complexity index is 452. The summed E-state index contributed by atoms with van der Waals surface area (Å²) in [5, 5.41) is 2.86. The molecule has 4 nitrogen and oxygen atoms in total. The number of hydrogen-bond acceptors (Lipinski definition) is 3. The fraction of sp³-hybridized carbons (Fsp3) is 0.417. The smallest absolute Gasteiger partial charge is 0.262 e. The van der Waals surface area contributed by atoms with E-state index in [0.29, 0.717) is 0 Å². The predicted octanol–water partition coefficient (Wildman–Crippen LogP) is 1.05. The summed E-state index contributed by atoms with van der Waals surface area (Å²) in [6.45, 7) is 0.101. The summed E-state index contributed by atoms with van der Waals surface area (Å²) in [7, 11) is 0. The summed E-state index contributed by atoms with van der Waals surface area (Å²) in [5.41, 5.74) is 7.91. The van der Waals surface area contributed by atoms with Crippen molar-refractivity contribution in [3.63, 3.8) is 0 Å². The highest BCUT2D eigenvalue weighted by Gasteiger charge is 2.39. The van der Waals surface area contributed by atoms with E-state index in [0.717, 1.165) is 36.3 Å². The van der Waals surface area contributed by atoms with Crippen LogP contribution in [0.5, 0.6) is 5.75 Å². The van der Waals surface area contributed by atoms with E-state index >= 15 is 0 Å². The summed E-state index contributed by atoms with van der Waals surface area (Å²) in [6, 6.07) is 5.81. The number of ether oxygens (including phenoxy) is 1. The fourth-order valence-corrected chi connectivity index (χ4v) is 2.02. The van der Waals surface area contributed by atoms with Crippen molar-refractivity contribution >= 4 is 11.6 Å². The second-order valence-electron chi connectivity index (χ2n) is 4.67. The molecule has 0 spiro atoms. The number of hydrogen-bond donors (Lipinski definition) is 2. The van der Waals surface area contributed by atoms with Crippen molar-refractivity contribution < 1.29 is 9.53 Å². The minimum absolute atomic E-state index is 0.0582. The third-order valence-electron chi connectivity index (χ3n) is 3.17. The van der Waals surface area contributed by atoms with Crippen LogP contribution in [0, 0.1) is 0 Å². The molecule has 0 saturated heterocycles. The zero-order valence-corrected chi connectivity index (χ0v) is 8.95. The lowest BCUT2D eigenvalue weighted by Gasteiger charge is -2.21. The van der Waals surface area contributed by atoms with Crippen molar-refractivity contribution in [1.29, 1.82) is 0 Å². The van der Waals surface area contributed by atoms with Crippen LogP contribution in [0.4, 0.5) is 5.69 Å². The van der Waals surface area contributed by atoms with E-state index in [4.69, 9.17) is 10.5 Å². The van der Waals surface area contributed by atoms with Crippen LogP contribution < -0.4 is 15.8 Å². The summed E-state index contributed by atoms with van der Waals surface area (Å²) < 4.78 is 5.36. The molecule has 16 heavy (non-hydrogen) atoms. The van der Waals surface area contributed by atoms with Gasteiger partial charge >= 0.3 is 0 Å². The number of carbonyl (C=O) groups is 1. The molecule has 4 heteroatoms. The second kappa shape index (κ2) is 3.22. The van der Waals surface area contributed by atoms with Gasteiger partial charge in [0.05, 0.1) is 5.69 Å². The first kappa shape index (κ1) is 9.66. The van der Waals surface area contributed by atoms with Crippen molar-refractivity contribution in [3.05, 3.63) is 23.8 Å². The third kappa shape index (κ3) is 1.65. The van der Waals surface area contributed by atoms with Gasteiger partial charge in [-0.2, -0.15) is 0 Å². The molecule has 0 unspecified atom stereocenters. The average Bonchev–Trinajstić information content (AvgIpc) is 2.97. The molecule has 0 atom stereocenters. The number of rotatable bonds is 2. The Hall–Kier alpha value is -1.55. The van der Waals surface area contributed by atoms with Gasteiger partial charge in [0.2, 0.25) is 0 Å². The van der Waals surface area contributed by atoms with Crippen LogP contribution in [0.15, 0.2) is 18.2 Å². The van der Waals surface area contributed by atoms with E-state index in [-0.39, 0.29) is 18.1 Å². The van der Waals surface area contributed by atoms with Crippen molar-refractivity contribution in [2.75, 3.05) is 11.9 Å². The zero-order valence-electron chi connectivity index (χ0n) is 8.95. The van der Waals surface area contributed by atoms with Gasteiger partial charge in [0.25, 0.3) is 5.91 Å². The molecule has 0 bridgehead atoms. The maximum atomic E-state index is 11.3. The summed E-state index contributed by atoms with van der Waals surface area (Å²) >= 11 is 0. The van der Waals surface area contributed by atoms with Gasteiger partial charge in [-0.1, -0.05) is 12.1 Å². The van der Waals surface area contributed by atoms with Crippen LogP contribution >= 0.6 is 0 Å². The summed E-state index contributed by atoms with van der Waals surface area (Å²) in [6.07, 6.45) is 2.93. The Morgan fingerprint density at radius 1 is 1.44 bits per heavy atom. The first-order valence-electron chi connectivity index (χ1n) is 5.50. The highest BCUT2D eigenvalue weighted by molar-refractivity contribution is 5.96. The predicted molar refractivity (Wildman–Crippen MR) is 60.4 cm³/mol. The zero-order chi connectivity index (χ0) is 11.2. The van der Waals surface area contributed by atoms with E-state index < -0.39 is 0 Å². The highest BCUT2D eigenvalue weighted by atomic mass is 16.5. The van der Waals surface area contributed by atoms with Gasteiger partial charge in [0.1, 0.15) is 5.75 Å². The van der Waals surface area contributed by atoms with Crippen molar-refractivity contribution in [2.24, 2.45) is 5.73 Å². The molecule has 1 saturated carbocycles. The molecule has 3 N–H and O–H groups in total. The van der Waals surface area contributed by atoms with Crippen LogP contribution in [0.1, 0.15) is 18.4 Å². The minimum Gasteiger partial charge on any atom is -0.482 e. The molecular weight excluding hydrogens is 204 g/mol. The van der Waals surface area contributed by atoms with Crippen LogP contribution in [0.3, 0.4) is 0 Å². The largest absolute Gasteiger partial charge is 0.482 e. The van der Waals surface area contributed by atoms with Gasteiger partial charge in [-0.05, 0) is 30.9 Å². The number of benzene rings is 1. The van der Waals surface area contributed by atoms with Crippen LogP contribution in [-0.2, 0) is 11.2 Å². The van der Waals surface area contributed by atoms with Crippen molar-refractivity contribution in [2.45, 2.75) is 24.8 Å². The standard InChI is InChI=1S/C12H14N2O2/c13-12(4-5-12)6-8-2-1-3-9-11(8)14-10(15)7-16-9/h1-3H,4-7,13H2,(H,14,15). The molecule has 1 aliphatic heterocycles. The third-order valence-corrected chi connectivity index (χ3v) is 3.17.